The molecule has 1 rings (SSSR count). The normalized spacial score (nSPS) is 12.2. The second-order valence-corrected chi connectivity index (χ2v) is 6.04. The van der Waals surface area contributed by atoms with E-state index in [0.29, 0.717) is 12.0 Å². The average molecular weight is 293 g/mol. The summed E-state index contributed by atoms with van der Waals surface area (Å²) in [4.78, 5) is 15.1. The summed E-state index contributed by atoms with van der Waals surface area (Å²) in [5, 5.41) is 0. The number of halogens is 3. The molecule has 1 aromatic rings. The molecule has 0 fully saturated rings. The van der Waals surface area contributed by atoms with E-state index in [-0.39, 0.29) is 18.9 Å². The van der Waals surface area contributed by atoms with E-state index in [1.54, 1.807) is 13.0 Å². The lowest BCUT2D eigenvalue weighted by Crippen LogP contribution is -2.38. The van der Waals surface area contributed by atoms with Crippen molar-refractivity contribution in [3.63, 3.8) is 0 Å². The molecule has 0 unspecified atom stereocenters. The summed E-state index contributed by atoms with van der Waals surface area (Å²) in [6.07, 6.45) is -3.68. The third kappa shape index (κ3) is 5.32. The molecule has 0 spiro atoms. The molecule has 2 nitrogen and oxygen atoms in total. The monoisotopic (exact) mass is 293 g/mol. The Labute approximate surface area is 115 Å². The summed E-state index contributed by atoms with van der Waals surface area (Å²) in [5.41, 5.74) is 0.547. The molecular weight excluding hydrogens is 275 g/mol. The van der Waals surface area contributed by atoms with Crippen LogP contribution in [0.3, 0.4) is 0 Å². The van der Waals surface area contributed by atoms with Crippen LogP contribution in [0.15, 0.2) is 6.07 Å². The Hall–Kier alpha value is -0.880. The van der Waals surface area contributed by atoms with Crippen LogP contribution in [-0.4, -0.2) is 36.5 Å². The van der Waals surface area contributed by atoms with Gasteiger partial charge in [-0.05, 0) is 32.9 Å². The second-order valence-electron chi connectivity index (χ2n) is 4.58. The Morgan fingerprint density at radius 3 is 2.42 bits per heavy atom. The fourth-order valence-electron chi connectivity index (χ4n) is 1.98. The number of rotatable bonds is 6. The molecule has 0 radical (unpaired) electrons. The lowest BCUT2D eigenvalue weighted by molar-refractivity contribution is -0.144. The first-order valence-electron chi connectivity index (χ1n) is 6.12. The van der Waals surface area contributed by atoms with Crippen molar-refractivity contribution in [3.05, 3.63) is 21.4 Å². The number of thiophene rings is 1. The minimum absolute atomic E-state index is 0.176. The number of ketones is 1. The van der Waals surface area contributed by atoms with Gasteiger partial charge in [0.15, 0.2) is 5.78 Å². The molecule has 1 aromatic heterocycles. The minimum atomic E-state index is -4.27. The Bertz CT molecular complexity index is 440. The van der Waals surface area contributed by atoms with Crippen LogP contribution in [0.5, 0.6) is 0 Å². The number of Topliss-reactive ketones (excluding diaryl/α,β-unsaturated/α-hetero) is 1. The quantitative estimate of drug-likeness (QED) is 0.743. The predicted molar refractivity (Wildman–Crippen MR) is 70.9 cm³/mol. The van der Waals surface area contributed by atoms with Crippen molar-refractivity contribution in [2.45, 2.75) is 33.4 Å². The van der Waals surface area contributed by atoms with E-state index in [1.807, 2.05) is 13.8 Å². The topological polar surface area (TPSA) is 20.3 Å². The van der Waals surface area contributed by atoms with Gasteiger partial charge in [0.25, 0.3) is 0 Å². The highest BCUT2D eigenvalue weighted by Crippen LogP contribution is 2.22. The molecule has 0 aromatic carbocycles. The molecule has 0 atom stereocenters. The van der Waals surface area contributed by atoms with Gasteiger partial charge in [0.05, 0.1) is 13.1 Å². The van der Waals surface area contributed by atoms with Gasteiger partial charge in [0.1, 0.15) is 0 Å². The highest BCUT2D eigenvalue weighted by molar-refractivity contribution is 7.12. The maximum absolute atomic E-state index is 12.4. The summed E-state index contributed by atoms with van der Waals surface area (Å²) in [6, 6.07) is 1.75. The van der Waals surface area contributed by atoms with Crippen LogP contribution < -0.4 is 0 Å². The Kier molecular flexibility index (Phi) is 5.55. The summed E-state index contributed by atoms with van der Waals surface area (Å²) in [7, 11) is 0. The van der Waals surface area contributed by atoms with E-state index in [0.717, 1.165) is 14.7 Å². The van der Waals surface area contributed by atoms with Crippen LogP contribution in [0.2, 0.25) is 0 Å². The van der Waals surface area contributed by atoms with E-state index in [9.17, 15) is 18.0 Å². The number of carbonyl (C=O) groups is 1. The Morgan fingerprint density at radius 2 is 2.00 bits per heavy atom. The highest BCUT2D eigenvalue weighted by atomic mass is 32.1. The van der Waals surface area contributed by atoms with Crippen molar-refractivity contribution in [3.8, 4) is 0 Å². The molecule has 0 saturated carbocycles. The zero-order valence-electron chi connectivity index (χ0n) is 11.3. The Balaban J connectivity index is 2.73. The van der Waals surface area contributed by atoms with Gasteiger partial charge in [-0.25, -0.2) is 0 Å². The number of hydrogen-bond acceptors (Lipinski definition) is 3. The highest BCUT2D eigenvalue weighted by Gasteiger charge is 2.31. The third-order valence-electron chi connectivity index (χ3n) is 2.65. The van der Waals surface area contributed by atoms with Gasteiger partial charge in [-0.1, -0.05) is 6.92 Å². The predicted octanol–water partition coefficient (Wildman–Crippen LogP) is 3.82. The van der Waals surface area contributed by atoms with E-state index < -0.39 is 12.7 Å². The standard InChI is InChI=1S/C13H18F3NOS/c1-4-5-17(8-13(14,15)16)7-12(18)11-6-9(2)19-10(11)3/h6H,4-5,7-8H2,1-3H3. The van der Waals surface area contributed by atoms with Gasteiger partial charge in [0.2, 0.25) is 0 Å². The van der Waals surface area contributed by atoms with Gasteiger partial charge >= 0.3 is 6.18 Å². The molecule has 0 aliphatic carbocycles. The van der Waals surface area contributed by atoms with Crippen molar-refractivity contribution in [1.82, 2.24) is 4.90 Å². The van der Waals surface area contributed by atoms with Crippen molar-refractivity contribution >= 4 is 17.1 Å². The summed E-state index contributed by atoms with van der Waals surface area (Å²) < 4.78 is 37.2. The van der Waals surface area contributed by atoms with Crippen LogP contribution in [0.1, 0.15) is 33.5 Å². The minimum Gasteiger partial charge on any atom is -0.293 e. The lowest BCUT2D eigenvalue weighted by Gasteiger charge is -2.22. The molecule has 0 amide bonds. The third-order valence-corrected chi connectivity index (χ3v) is 3.62. The van der Waals surface area contributed by atoms with Crippen molar-refractivity contribution in [2.24, 2.45) is 0 Å². The van der Waals surface area contributed by atoms with E-state index >= 15 is 0 Å². The zero-order valence-corrected chi connectivity index (χ0v) is 12.1. The van der Waals surface area contributed by atoms with Crippen LogP contribution in [0.25, 0.3) is 0 Å². The summed E-state index contributed by atoms with van der Waals surface area (Å²) in [6.45, 7) is 4.56. The van der Waals surface area contributed by atoms with E-state index in [1.165, 1.54) is 11.3 Å². The van der Waals surface area contributed by atoms with Crippen molar-refractivity contribution in [1.29, 1.82) is 0 Å². The second kappa shape index (κ2) is 6.52. The van der Waals surface area contributed by atoms with Crippen LogP contribution in [0, 0.1) is 13.8 Å². The first-order chi connectivity index (χ1) is 8.73. The molecular formula is C13H18F3NOS. The number of aryl methyl sites for hydroxylation is 2. The van der Waals surface area contributed by atoms with Gasteiger partial charge in [0, 0.05) is 15.3 Å². The molecule has 0 saturated heterocycles. The van der Waals surface area contributed by atoms with Gasteiger partial charge in [-0.15, -0.1) is 11.3 Å². The Morgan fingerprint density at radius 1 is 1.37 bits per heavy atom. The van der Waals surface area contributed by atoms with Gasteiger partial charge in [-0.3, -0.25) is 9.69 Å². The molecule has 0 aliphatic heterocycles. The molecule has 19 heavy (non-hydrogen) atoms. The molecule has 6 heteroatoms. The number of alkyl halides is 3. The maximum Gasteiger partial charge on any atom is 0.401 e. The molecule has 1 heterocycles. The van der Waals surface area contributed by atoms with Crippen LogP contribution in [-0.2, 0) is 0 Å². The molecule has 0 bridgehead atoms. The fraction of sp³-hybridized carbons (Fsp3) is 0.615. The summed E-state index contributed by atoms with van der Waals surface area (Å²) >= 11 is 1.49. The molecule has 0 aliphatic rings. The van der Waals surface area contributed by atoms with Crippen molar-refractivity contribution in [2.75, 3.05) is 19.6 Å². The van der Waals surface area contributed by atoms with Crippen molar-refractivity contribution < 1.29 is 18.0 Å². The van der Waals surface area contributed by atoms with E-state index in [4.69, 9.17) is 0 Å². The smallest absolute Gasteiger partial charge is 0.293 e. The molecule has 108 valence electrons. The SMILES string of the molecule is CCCN(CC(=O)c1cc(C)sc1C)CC(F)(F)F. The maximum atomic E-state index is 12.4. The zero-order chi connectivity index (χ0) is 14.6. The summed E-state index contributed by atoms with van der Waals surface area (Å²) in [5.74, 6) is -0.237. The number of nitrogens with zero attached hydrogens (tertiary/aromatic N) is 1. The lowest BCUT2D eigenvalue weighted by atomic mass is 10.1. The molecule has 0 N–H and O–H groups in total. The average Bonchev–Trinajstić information content (AvgIpc) is 2.55. The van der Waals surface area contributed by atoms with Crippen LogP contribution in [0.4, 0.5) is 13.2 Å². The first-order valence-corrected chi connectivity index (χ1v) is 6.94. The number of hydrogen-bond donors (Lipinski definition) is 0. The van der Waals surface area contributed by atoms with Gasteiger partial charge < -0.3 is 0 Å². The first kappa shape index (κ1) is 16.2. The fourth-order valence-corrected chi connectivity index (χ4v) is 2.92. The van der Waals surface area contributed by atoms with Crippen LogP contribution >= 0.6 is 11.3 Å². The largest absolute Gasteiger partial charge is 0.401 e. The van der Waals surface area contributed by atoms with E-state index in [2.05, 4.69) is 0 Å². The van der Waals surface area contributed by atoms with Gasteiger partial charge in [-0.2, -0.15) is 13.2 Å². The number of carbonyl (C=O) groups excluding carboxylic acids is 1.